The van der Waals surface area contributed by atoms with Crippen molar-refractivity contribution < 1.29 is 14.3 Å². The van der Waals surface area contributed by atoms with Gasteiger partial charge in [0.25, 0.3) is 5.91 Å². The van der Waals surface area contributed by atoms with Gasteiger partial charge in [-0.2, -0.15) is 0 Å². The van der Waals surface area contributed by atoms with E-state index in [0.717, 1.165) is 11.1 Å². The maximum Gasteiger partial charge on any atom is 0.257 e. The van der Waals surface area contributed by atoms with E-state index < -0.39 is 5.91 Å². The van der Waals surface area contributed by atoms with Gasteiger partial charge in [0.2, 0.25) is 0 Å². The second kappa shape index (κ2) is 8.59. The molecule has 2 aromatic carbocycles. The van der Waals surface area contributed by atoms with Crippen molar-refractivity contribution in [3.8, 4) is 11.5 Å². The molecule has 2 aromatic rings. The Hall–Kier alpha value is -2.21. The molecular formula is C17H16Cl2N2O3. The molecule has 0 bridgehead atoms. The number of rotatable bonds is 6. The molecule has 0 unspecified atom stereocenters. The van der Waals surface area contributed by atoms with E-state index in [9.17, 15) is 4.79 Å². The van der Waals surface area contributed by atoms with E-state index in [1.807, 2.05) is 5.43 Å². The Kier molecular flexibility index (Phi) is 6.49. The average molecular weight is 367 g/mol. The first-order valence-electron chi connectivity index (χ1n) is 6.97. The molecule has 7 heteroatoms. The maximum atomic E-state index is 11.1. The van der Waals surface area contributed by atoms with E-state index in [-0.39, 0.29) is 6.61 Å². The molecule has 3 N–H and O–H groups in total. The topological polar surface area (TPSA) is 73.6 Å². The number of hydrazine groups is 1. The number of ether oxygens (including phenoxy) is 2. The van der Waals surface area contributed by atoms with Crippen LogP contribution in [0, 0.1) is 0 Å². The van der Waals surface area contributed by atoms with Crippen molar-refractivity contribution in [1.29, 1.82) is 0 Å². The van der Waals surface area contributed by atoms with Gasteiger partial charge in [0.1, 0.15) is 6.61 Å². The van der Waals surface area contributed by atoms with Gasteiger partial charge in [-0.25, -0.2) is 5.84 Å². The molecule has 5 nitrogen and oxygen atoms in total. The minimum Gasteiger partial charge on any atom is -0.493 e. The summed E-state index contributed by atoms with van der Waals surface area (Å²) in [5, 5.41) is 1.10. The summed E-state index contributed by atoms with van der Waals surface area (Å²) in [5.74, 6) is 5.72. The van der Waals surface area contributed by atoms with Crippen LogP contribution in [0.25, 0.3) is 6.08 Å². The van der Waals surface area contributed by atoms with E-state index in [0.29, 0.717) is 21.5 Å². The summed E-state index contributed by atoms with van der Waals surface area (Å²) in [7, 11) is 1.54. The largest absolute Gasteiger partial charge is 0.493 e. The summed E-state index contributed by atoms with van der Waals surface area (Å²) in [5.41, 5.74) is 3.60. The molecule has 0 aliphatic rings. The normalized spacial score (nSPS) is 10.7. The molecule has 0 heterocycles. The summed E-state index contributed by atoms with van der Waals surface area (Å²) >= 11 is 12.0. The van der Waals surface area contributed by atoms with Crippen molar-refractivity contribution in [1.82, 2.24) is 5.43 Å². The van der Waals surface area contributed by atoms with Crippen LogP contribution in [0.1, 0.15) is 11.1 Å². The highest BCUT2D eigenvalue weighted by atomic mass is 35.5. The van der Waals surface area contributed by atoms with Crippen LogP contribution in [0.15, 0.2) is 42.5 Å². The van der Waals surface area contributed by atoms with E-state index in [2.05, 4.69) is 0 Å². The van der Waals surface area contributed by atoms with E-state index in [1.165, 1.54) is 13.2 Å². The highest BCUT2D eigenvalue weighted by molar-refractivity contribution is 6.35. The average Bonchev–Trinajstić information content (AvgIpc) is 2.59. The summed E-state index contributed by atoms with van der Waals surface area (Å²) in [4.78, 5) is 11.1. The molecule has 0 saturated carbocycles. The van der Waals surface area contributed by atoms with Crippen molar-refractivity contribution in [3.63, 3.8) is 0 Å². The minimum absolute atomic E-state index is 0.275. The lowest BCUT2D eigenvalue weighted by molar-refractivity contribution is -0.116. The standard InChI is InChI=1S/C17H16Cl2N2O3/c1-23-16-8-11(3-7-17(22)21-20)2-6-15(16)24-10-12-4-5-13(18)9-14(12)19/h2-9H,10,20H2,1H3,(H,21,22)/b7-3+. The predicted molar refractivity (Wildman–Crippen MR) is 95.2 cm³/mol. The quantitative estimate of drug-likeness (QED) is 0.354. The number of benzene rings is 2. The molecule has 2 rings (SSSR count). The number of methoxy groups -OCH3 is 1. The Morgan fingerprint density at radius 3 is 2.67 bits per heavy atom. The first-order chi connectivity index (χ1) is 11.5. The Morgan fingerprint density at radius 2 is 2.00 bits per heavy atom. The molecule has 24 heavy (non-hydrogen) atoms. The maximum absolute atomic E-state index is 11.1. The molecule has 0 aliphatic carbocycles. The summed E-state index contributed by atoms with van der Waals surface area (Å²) in [6, 6.07) is 10.5. The van der Waals surface area contributed by atoms with Crippen LogP contribution >= 0.6 is 23.2 Å². The zero-order valence-electron chi connectivity index (χ0n) is 12.9. The number of carbonyl (C=O) groups is 1. The second-order valence-corrected chi connectivity index (χ2v) is 5.62. The number of halogens is 2. The SMILES string of the molecule is COc1cc(/C=C/C(=O)NN)ccc1OCc1ccc(Cl)cc1Cl. The predicted octanol–water partition coefficient (Wildman–Crippen LogP) is 3.58. The highest BCUT2D eigenvalue weighted by Gasteiger charge is 2.07. The van der Waals surface area contributed by atoms with E-state index in [1.54, 1.807) is 42.5 Å². The van der Waals surface area contributed by atoms with Crippen LogP contribution in [-0.2, 0) is 11.4 Å². The summed E-state index contributed by atoms with van der Waals surface area (Å²) in [6.07, 6.45) is 2.94. The fraction of sp³-hybridized carbons (Fsp3) is 0.118. The van der Waals surface area contributed by atoms with Gasteiger partial charge in [0.05, 0.1) is 7.11 Å². The monoisotopic (exact) mass is 366 g/mol. The third-order valence-corrected chi connectivity index (χ3v) is 3.74. The smallest absolute Gasteiger partial charge is 0.257 e. The second-order valence-electron chi connectivity index (χ2n) is 4.78. The Bertz CT molecular complexity index is 763. The first kappa shape index (κ1) is 18.1. The molecule has 0 saturated heterocycles. The van der Waals surface area contributed by atoms with Gasteiger partial charge < -0.3 is 9.47 Å². The van der Waals surface area contributed by atoms with Crippen LogP contribution in [0.3, 0.4) is 0 Å². The van der Waals surface area contributed by atoms with Crippen molar-refractivity contribution in [3.05, 3.63) is 63.6 Å². The van der Waals surface area contributed by atoms with Gasteiger partial charge in [-0.15, -0.1) is 0 Å². The van der Waals surface area contributed by atoms with E-state index >= 15 is 0 Å². The van der Waals surface area contributed by atoms with Crippen LogP contribution in [0.4, 0.5) is 0 Å². The molecular weight excluding hydrogens is 351 g/mol. The first-order valence-corrected chi connectivity index (χ1v) is 7.72. The zero-order valence-corrected chi connectivity index (χ0v) is 14.4. The number of amides is 1. The molecule has 0 spiro atoms. The number of hydrogen-bond donors (Lipinski definition) is 2. The van der Waals surface area contributed by atoms with Crippen LogP contribution in [0.2, 0.25) is 10.0 Å². The van der Waals surface area contributed by atoms with Crippen molar-refractivity contribution >= 4 is 35.2 Å². The van der Waals surface area contributed by atoms with Gasteiger partial charge in [-0.3, -0.25) is 10.2 Å². The molecule has 0 aromatic heterocycles. The lowest BCUT2D eigenvalue weighted by Gasteiger charge is -2.12. The van der Waals surface area contributed by atoms with Crippen LogP contribution in [-0.4, -0.2) is 13.0 Å². The lowest BCUT2D eigenvalue weighted by atomic mass is 10.2. The highest BCUT2D eigenvalue weighted by Crippen LogP contribution is 2.30. The molecule has 0 fully saturated rings. The molecule has 0 radical (unpaired) electrons. The summed E-state index contributed by atoms with van der Waals surface area (Å²) in [6.45, 7) is 0.275. The Morgan fingerprint density at radius 1 is 1.21 bits per heavy atom. The molecule has 1 amide bonds. The Labute approximate surface area is 149 Å². The number of nitrogens with two attached hydrogens (primary N) is 1. The lowest BCUT2D eigenvalue weighted by Crippen LogP contribution is -2.27. The van der Waals surface area contributed by atoms with Gasteiger partial charge in [0, 0.05) is 21.7 Å². The Balaban J connectivity index is 2.12. The van der Waals surface area contributed by atoms with Gasteiger partial charge in [-0.1, -0.05) is 35.3 Å². The van der Waals surface area contributed by atoms with Crippen molar-refractivity contribution in [2.75, 3.05) is 7.11 Å². The molecule has 0 atom stereocenters. The van der Waals surface area contributed by atoms with Gasteiger partial charge in [-0.05, 0) is 35.9 Å². The fourth-order valence-corrected chi connectivity index (χ4v) is 2.38. The zero-order chi connectivity index (χ0) is 17.5. The van der Waals surface area contributed by atoms with Crippen LogP contribution in [0.5, 0.6) is 11.5 Å². The summed E-state index contributed by atoms with van der Waals surface area (Å²) < 4.78 is 11.1. The van der Waals surface area contributed by atoms with E-state index in [4.69, 9.17) is 38.5 Å². The molecule has 126 valence electrons. The number of nitrogens with one attached hydrogen (secondary N) is 1. The third-order valence-electron chi connectivity index (χ3n) is 3.16. The van der Waals surface area contributed by atoms with Gasteiger partial charge in [0.15, 0.2) is 11.5 Å². The van der Waals surface area contributed by atoms with Crippen molar-refractivity contribution in [2.45, 2.75) is 6.61 Å². The fourth-order valence-electron chi connectivity index (χ4n) is 1.92. The van der Waals surface area contributed by atoms with Gasteiger partial charge >= 0.3 is 0 Å². The number of carbonyl (C=O) groups excluding carboxylic acids is 1. The molecule has 0 aliphatic heterocycles. The third kappa shape index (κ3) is 4.89. The van der Waals surface area contributed by atoms with Crippen LogP contribution < -0.4 is 20.7 Å². The van der Waals surface area contributed by atoms with Crippen molar-refractivity contribution in [2.24, 2.45) is 5.84 Å². The number of hydrogen-bond acceptors (Lipinski definition) is 4. The minimum atomic E-state index is -0.397.